The van der Waals surface area contributed by atoms with Gasteiger partial charge in [0.25, 0.3) is 0 Å². The van der Waals surface area contributed by atoms with E-state index in [0.717, 1.165) is 12.8 Å². The summed E-state index contributed by atoms with van der Waals surface area (Å²) in [6, 6.07) is 0.223. The van der Waals surface area contributed by atoms with Crippen molar-refractivity contribution in [2.24, 2.45) is 0 Å². The largest absolute Gasteiger partial charge is 0.388 e. The summed E-state index contributed by atoms with van der Waals surface area (Å²) >= 11 is 1.59. The maximum Gasteiger partial charge on any atom is 0.234 e. The number of aliphatic hydroxyl groups is 1. The molecular weight excluding hydrogens is 236 g/mol. The predicted molar refractivity (Wildman–Crippen MR) is 74.4 cm³/mol. The van der Waals surface area contributed by atoms with Crippen molar-refractivity contribution in [3.05, 3.63) is 0 Å². The third-order valence-corrected chi connectivity index (χ3v) is 3.29. The number of thioether (sulfide) groups is 1. The second kappa shape index (κ2) is 8.78. The van der Waals surface area contributed by atoms with Crippen molar-refractivity contribution in [2.75, 3.05) is 25.1 Å². The van der Waals surface area contributed by atoms with Gasteiger partial charge in [-0.2, -0.15) is 11.8 Å². The molecule has 0 bridgehead atoms. The minimum Gasteiger partial charge on any atom is -0.388 e. The van der Waals surface area contributed by atoms with E-state index in [-0.39, 0.29) is 18.5 Å². The summed E-state index contributed by atoms with van der Waals surface area (Å²) in [7, 11) is 0. The van der Waals surface area contributed by atoms with Crippen LogP contribution in [0.2, 0.25) is 0 Å². The zero-order valence-corrected chi connectivity index (χ0v) is 12.2. The van der Waals surface area contributed by atoms with Crippen molar-refractivity contribution in [3.8, 4) is 0 Å². The molecule has 0 radical (unpaired) electrons. The molecule has 2 atom stereocenters. The first-order chi connectivity index (χ1) is 7.91. The van der Waals surface area contributed by atoms with Gasteiger partial charge in [-0.3, -0.25) is 4.79 Å². The Kier molecular flexibility index (Phi) is 8.64. The van der Waals surface area contributed by atoms with Crippen LogP contribution >= 0.6 is 11.8 Å². The molecule has 0 fully saturated rings. The third-order valence-electron chi connectivity index (χ3n) is 2.38. The van der Waals surface area contributed by atoms with Gasteiger partial charge in [-0.05, 0) is 26.5 Å². The Morgan fingerprint density at radius 3 is 2.71 bits per heavy atom. The fourth-order valence-corrected chi connectivity index (χ4v) is 2.36. The van der Waals surface area contributed by atoms with Gasteiger partial charge in [0.2, 0.25) is 5.91 Å². The van der Waals surface area contributed by atoms with Crippen molar-refractivity contribution in [1.82, 2.24) is 10.6 Å². The highest BCUT2D eigenvalue weighted by molar-refractivity contribution is 7.98. The lowest BCUT2D eigenvalue weighted by Gasteiger charge is -2.22. The van der Waals surface area contributed by atoms with Crippen LogP contribution in [-0.2, 0) is 4.79 Å². The van der Waals surface area contributed by atoms with Crippen molar-refractivity contribution in [3.63, 3.8) is 0 Å². The molecule has 17 heavy (non-hydrogen) atoms. The topological polar surface area (TPSA) is 61.4 Å². The molecule has 102 valence electrons. The van der Waals surface area contributed by atoms with Crippen molar-refractivity contribution >= 4 is 17.7 Å². The van der Waals surface area contributed by atoms with Gasteiger partial charge in [0.15, 0.2) is 0 Å². The summed E-state index contributed by atoms with van der Waals surface area (Å²) in [6.07, 6.45) is 4.01. The maximum atomic E-state index is 11.5. The van der Waals surface area contributed by atoms with Crippen LogP contribution in [0.1, 0.15) is 33.6 Å². The van der Waals surface area contributed by atoms with Crippen LogP contribution in [0.25, 0.3) is 0 Å². The first-order valence-corrected chi connectivity index (χ1v) is 7.52. The molecule has 0 aliphatic carbocycles. The lowest BCUT2D eigenvalue weighted by molar-refractivity contribution is -0.121. The van der Waals surface area contributed by atoms with E-state index in [1.165, 1.54) is 0 Å². The van der Waals surface area contributed by atoms with Crippen LogP contribution in [0.5, 0.6) is 0 Å². The van der Waals surface area contributed by atoms with Crippen LogP contribution in [0, 0.1) is 0 Å². The molecule has 0 saturated carbocycles. The Hall–Kier alpha value is -0.260. The first-order valence-electron chi connectivity index (χ1n) is 6.12. The minimum absolute atomic E-state index is 0.00842. The number of hydrogen-bond acceptors (Lipinski definition) is 4. The highest BCUT2D eigenvalue weighted by atomic mass is 32.2. The van der Waals surface area contributed by atoms with E-state index in [9.17, 15) is 9.90 Å². The SMILES string of the molecule is CCCC(C)NC(=O)CNCC(C)(O)CSC. The lowest BCUT2D eigenvalue weighted by atomic mass is 10.1. The summed E-state index contributed by atoms with van der Waals surface area (Å²) in [6.45, 7) is 6.57. The highest BCUT2D eigenvalue weighted by Gasteiger charge is 2.19. The number of carbonyl (C=O) groups is 1. The standard InChI is InChI=1S/C12H26N2O2S/c1-5-6-10(2)14-11(15)7-13-8-12(3,16)9-17-4/h10,13,16H,5-9H2,1-4H3,(H,14,15). The first kappa shape index (κ1) is 16.7. The molecule has 1 amide bonds. The molecular formula is C12H26N2O2S. The van der Waals surface area contributed by atoms with E-state index < -0.39 is 5.60 Å². The van der Waals surface area contributed by atoms with Crippen LogP contribution in [0.15, 0.2) is 0 Å². The van der Waals surface area contributed by atoms with Crippen molar-refractivity contribution in [1.29, 1.82) is 0 Å². The minimum atomic E-state index is -0.755. The summed E-state index contributed by atoms with van der Waals surface area (Å²) in [4.78, 5) is 11.5. The fraction of sp³-hybridized carbons (Fsp3) is 0.917. The van der Waals surface area contributed by atoms with Gasteiger partial charge in [0, 0.05) is 18.3 Å². The molecule has 0 aliphatic heterocycles. The van der Waals surface area contributed by atoms with Crippen LogP contribution in [0.3, 0.4) is 0 Å². The van der Waals surface area contributed by atoms with Gasteiger partial charge >= 0.3 is 0 Å². The molecule has 5 heteroatoms. The number of nitrogens with one attached hydrogen (secondary N) is 2. The molecule has 3 N–H and O–H groups in total. The summed E-state index contributed by atoms with van der Waals surface area (Å²) in [5, 5.41) is 15.8. The molecule has 4 nitrogen and oxygen atoms in total. The van der Waals surface area contributed by atoms with Gasteiger partial charge in [-0.25, -0.2) is 0 Å². The zero-order chi connectivity index (χ0) is 13.3. The van der Waals surface area contributed by atoms with Gasteiger partial charge in [0.1, 0.15) is 0 Å². The van der Waals surface area contributed by atoms with Gasteiger partial charge in [-0.1, -0.05) is 13.3 Å². The molecule has 0 aliphatic rings. The van der Waals surface area contributed by atoms with E-state index in [1.54, 1.807) is 18.7 Å². The molecule has 0 rings (SSSR count). The third kappa shape index (κ3) is 9.44. The van der Waals surface area contributed by atoms with Crippen LogP contribution in [-0.4, -0.2) is 47.8 Å². The molecule has 0 heterocycles. The molecule has 0 aromatic heterocycles. The van der Waals surface area contributed by atoms with E-state index >= 15 is 0 Å². The van der Waals surface area contributed by atoms with Gasteiger partial charge in [-0.15, -0.1) is 0 Å². The van der Waals surface area contributed by atoms with Gasteiger partial charge in [0.05, 0.1) is 12.1 Å². The quantitative estimate of drug-likeness (QED) is 0.580. The fourth-order valence-electron chi connectivity index (χ4n) is 1.64. The normalized spacial score (nSPS) is 16.3. The van der Waals surface area contributed by atoms with Crippen LogP contribution in [0.4, 0.5) is 0 Å². The Morgan fingerprint density at radius 2 is 2.18 bits per heavy atom. The molecule has 0 aromatic rings. The molecule has 0 spiro atoms. The van der Waals surface area contributed by atoms with Crippen LogP contribution < -0.4 is 10.6 Å². The second-order valence-electron chi connectivity index (χ2n) is 4.79. The number of rotatable bonds is 9. The Balaban J connectivity index is 3.70. The second-order valence-corrected chi connectivity index (χ2v) is 5.66. The Bertz CT molecular complexity index is 223. The maximum absolute atomic E-state index is 11.5. The highest BCUT2D eigenvalue weighted by Crippen LogP contribution is 2.08. The average molecular weight is 262 g/mol. The molecule has 0 saturated heterocycles. The monoisotopic (exact) mass is 262 g/mol. The average Bonchev–Trinajstić information content (AvgIpc) is 2.16. The number of carbonyl (C=O) groups excluding carboxylic acids is 1. The van der Waals surface area contributed by atoms with E-state index in [0.29, 0.717) is 12.3 Å². The zero-order valence-electron chi connectivity index (χ0n) is 11.4. The Labute approximate surface area is 109 Å². The molecule has 0 aromatic carbocycles. The van der Waals surface area contributed by atoms with Gasteiger partial charge < -0.3 is 15.7 Å². The summed E-state index contributed by atoms with van der Waals surface area (Å²) < 4.78 is 0. The number of amides is 1. The van der Waals surface area contributed by atoms with Crippen molar-refractivity contribution < 1.29 is 9.90 Å². The lowest BCUT2D eigenvalue weighted by Crippen LogP contribution is -2.45. The van der Waals surface area contributed by atoms with E-state index in [2.05, 4.69) is 17.6 Å². The molecule has 2 unspecified atom stereocenters. The summed E-state index contributed by atoms with van der Waals surface area (Å²) in [5.41, 5.74) is -0.755. The van der Waals surface area contributed by atoms with Crippen molar-refractivity contribution in [2.45, 2.75) is 45.3 Å². The number of hydrogen-bond donors (Lipinski definition) is 3. The Morgan fingerprint density at radius 1 is 1.53 bits per heavy atom. The van der Waals surface area contributed by atoms with E-state index in [1.807, 2.05) is 13.2 Å². The van der Waals surface area contributed by atoms with E-state index in [4.69, 9.17) is 0 Å². The predicted octanol–water partition coefficient (Wildman–Crippen LogP) is 0.995. The summed E-state index contributed by atoms with van der Waals surface area (Å²) in [5.74, 6) is 0.652. The smallest absolute Gasteiger partial charge is 0.234 e.